The van der Waals surface area contributed by atoms with Crippen molar-refractivity contribution >= 4 is 15.9 Å². The minimum Gasteiger partial charge on any atom is -0.486 e. The fourth-order valence-corrected chi connectivity index (χ4v) is 2.39. The van der Waals surface area contributed by atoms with Crippen LogP contribution in [0.15, 0.2) is 22.8 Å². The molecule has 1 aromatic heterocycles. The molecule has 2 N–H and O–H groups in total. The third-order valence-corrected chi connectivity index (χ3v) is 3.26. The number of imidazole rings is 1. The SMILES string of the molecule is OCc1cnc(-c2cc(Br)c3c(c2)OCCO3)[nH]1. The molecule has 1 aromatic carbocycles. The zero-order valence-electron chi connectivity index (χ0n) is 9.44. The molecule has 5 nitrogen and oxygen atoms in total. The van der Waals surface area contributed by atoms with Crippen molar-refractivity contribution in [2.75, 3.05) is 13.2 Å². The molecule has 94 valence electrons. The largest absolute Gasteiger partial charge is 0.486 e. The summed E-state index contributed by atoms with van der Waals surface area (Å²) < 4.78 is 11.9. The highest BCUT2D eigenvalue weighted by atomic mass is 79.9. The summed E-state index contributed by atoms with van der Waals surface area (Å²) in [6.07, 6.45) is 1.61. The molecule has 1 aliphatic heterocycles. The van der Waals surface area contributed by atoms with Crippen molar-refractivity contribution in [3.8, 4) is 22.9 Å². The Bertz CT molecular complexity index is 583. The maximum atomic E-state index is 9.02. The first-order chi connectivity index (χ1) is 8.78. The van der Waals surface area contributed by atoms with E-state index in [1.807, 2.05) is 12.1 Å². The van der Waals surface area contributed by atoms with Crippen LogP contribution in [0.1, 0.15) is 5.69 Å². The highest BCUT2D eigenvalue weighted by molar-refractivity contribution is 9.10. The van der Waals surface area contributed by atoms with E-state index in [-0.39, 0.29) is 6.61 Å². The molecule has 3 rings (SSSR count). The first kappa shape index (κ1) is 11.6. The van der Waals surface area contributed by atoms with Gasteiger partial charge < -0.3 is 19.6 Å². The van der Waals surface area contributed by atoms with E-state index >= 15 is 0 Å². The van der Waals surface area contributed by atoms with Gasteiger partial charge in [-0.1, -0.05) is 0 Å². The molecule has 18 heavy (non-hydrogen) atoms. The van der Waals surface area contributed by atoms with E-state index in [1.54, 1.807) is 6.20 Å². The summed E-state index contributed by atoms with van der Waals surface area (Å²) in [6, 6.07) is 3.78. The van der Waals surface area contributed by atoms with Crippen LogP contribution in [0.3, 0.4) is 0 Å². The van der Waals surface area contributed by atoms with Crippen LogP contribution >= 0.6 is 15.9 Å². The zero-order chi connectivity index (χ0) is 12.5. The van der Waals surface area contributed by atoms with E-state index < -0.39 is 0 Å². The predicted octanol–water partition coefficient (Wildman–Crippen LogP) is 2.10. The lowest BCUT2D eigenvalue weighted by Gasteiger charge is -2.20. The van der Waals surface area contributed by atoms with Gasteiger partial charge in [0.2, 0.25) is 0 Å². The summed E-state index contributed by atoms with van der Waals surface area (Å²) in [4.78, 5) is 7.25. The van der Waals surface area contributed by atoms with Gasteiger partial charge in [0.1, 0.15) is 19.0 Å². The van der Waals surface area contributed by atoms with Gasteiger partial charge in [-0.05, 0) is 28.1 Å². The normalized spacial score (nSPS) is 13.7. The van der Waals surface area contributed by atoms with Gasteiger partial charge in [-0.25, -0.2) is 4.98 Å². The average Bonchev–Trinajstić information content (AvgIpc) is 2.87. The number of hydrogen-bond donors (Lipinski definition) is 2. The van der Waals surface area contributed by atoms with Crippen LogP contribution in [0.25, 0.3) is 11.4 Å². The van der Waals surface area contributed by atoms with Gasteiger partial charge in [0, 0.05) is 5.56 Å². The average molecular weight is 311 g/mol. The van der Waals surface area contributed by atoms with Crippen LogP contribution < -0.4 is 9.47 Å². The second-order valence-electron chi connectivity index (χ2n) is 3.90. The Morgan fingerprint density at radius 2 is 2.17 bits per heavy atom. The minimum absolute atomic E-state index is 0.0568. The molecule has 2 heterocycles. The summed E-state index contributed by atoms with van der Waals surface area (Å²) >= 11 is 3.46. The van der Waals surface area contributed by atoms with Gasteiger partial charge in [-0.2, -0.15) is 0 Å². The lowest BCUT2D eigenvalue weighted by atomic mass is 10.2. The molecule has 0 fully saturated rings. The number of halogens is 1. The van der Waals surface area contributed by atoms with Crippen molar-refractivity contribution in [3.63, 3.8) is 0 Å². The number of hydrogen-bond acceptors (Lipinski definition) is 4. The molecular weight excluding hydrogens is 300 g/mol. The number of nitrogens with one attached hydrogen (secondary N) is 1. The third-order valence-electron chi connectivity index (χ3n) is 2.67. The van der Waals surface area contributed by atoms with E-state index in [2.05, 4.69) is 25.9 Å². The maximum Gasteiger partial charge on any atom is 0.175 e. The van der Waals surface area contributed by atoms with E-state index in [0.29, 0.717) is 30.5 Å². The smallest absolute Gasteiger partial charge is 0.175 e. The van der Waals surface area contributed by atoms with Crippen molar-refractivity contribution in [3.05, 3.63) is 28.5 Å². The fraction of sp³-hybridized carbons (Fsp3) is 0.250. The number of aliphatic hydroxyl groups is 1. The van der Waals surface area contributed by atoms with Gasteiger partial charge >= 0.3 is 0 Å². The highest BCUT2D eigenvalue weighted by Crippen LogP contribution is 2.40. The van der Waals surface area contributed by atoms with Crippen LogP contribution in [-0.2, 0) is 6.61 Å². The topological polar surface area (TPSA) is 67.4 Å². The van der Waals surface area contributed by atoms with Crippen molar-refractivity contribution in [1.29, 1.82) is 0 Å². The number of nitrogens with zero attached hydrogens (tertiary/aromatic N) is 1. The van der Waals surface area contributed by atoms with Crippen molar-refractivity contribution in [2.45, 2.75) is 6.61 Å². The molecule has 0 saturated carbocycles. The Kier molecular flexibility index (Phi) is 2.97. The van der Waals surface area contributed by atoms with Crippen LogP contribution in [-0.4, -0.2) is 28.3 Å². The highest BCUT2D eigenvalue weighted by Gasteiger charge is 2.17. The molecule has 0 saturated heterocycles. The Labute approximate surface area is 112 Å². The molecule has 1 aliphatic rings. The Morgan fingerprint density at radius 3 is 2.94 bits per heavy atom. The van der Waals surface area contributed by atoms with Crippen LogP contribution in [0.5, 0.6) is 11.5 Å². The van der Waals surface area contributed by atoms with Gasteiger partial charge in [0.25, 0.3) is 0 Å². The molecule has 0 bridgehead atoms. The molecule has 0 unspecified atom stereocenters. The number of ether oxygens (including phenoxy) is 2. The number of H-pyrrole nitrogens is 1. The predicted molar refractivity (Wildman–Crippen MR) is 68.6 cm³/mol. The first-order valence-electron chi connectivity index (χ1n) is 5.52. The number of aromatic nitrogens is 2. The zero-order valence-corrected chi connectivity index (χ0v) is 11.0. The molecule has 6 heteroatoms. The number of rotatable bonds is 2. The molecule has 0 amide bonds. The number of aromatic amines is 1. The van der Waals surface area contributed by atoms with E-state index in [4.69, 9.17) is 14.6 Å². The van der Waals surface area contributed by atoms with Gasteiger partial charge in [0.05, 0.1) is 23.0 Å². The van der Waals surface area contributed by atoms with Crippen molar-refractivity contribution in [2.24, 2.45) is 0 Å². The lowest BCUT2D eigenvalue weighted by molar-refractivity contribution is 0.170. The summed E-state index contributed by atoms with van der Waals surface area (Å²) in [6.45, 7) is 1.04. The van der Waals surface area contributed by atoms with Crippen molar-refractivity contribution in [1.82, 2.24) is 9.97 Å². The third kappa shape index (κ3) is 1.97. The number of benzene rings is 1. The fourth-order valence-electron chi connectivity index (χ4n) is 1.83. The minimum atomic E-state index is -0.0568. The molecular formula is C12H11BrN2O3. The summed E-state index contributed by atoms with van der Waals surface area (Å²) in [5.74, 6) is 2.11. The van der Waals surface area contributed by atoms with E-state index in [1.165, 1.54) is 0 Å². The Balaban J connectivity index is 2.04. The quantitative estimate of drug-likeness (QED) is 0.891. The van der Waals surface area contributed by atoms with Crippen LogP contribution in [0, 0.1) is 0 Å². The Hall–Kier alpha value is -1.53. The molecule has 0 atom stereocenters. The first-order valence-corrected chi connectivity index (χ1v) is 6.31. The molecule has 0 spiro atoms. The van der Waals surface area contributed by atoms with Crippen molar-refractivity contribution < 1.29 is 14.6 Å². The van der Waals surface area contributed by atoms with Gasteiger partial charge in [-0.3, -0.25) is 0 Å². The monoisotopic (exact) mass is 310 g/mol. The van der Waals surface area contributed by atoms with Gasteiger partial charge in [0.15, 0.2) is 11.5 Å². The second-order valence-corrected chi connectivity index (χ2v) is 4.75. The van der Waals surface area contributed by atoms with E-state index in [0.717, 1.165) is 15.8 Å². The van der Waals surface area contributed by atoms with Gasteiger partial charge in [-0.15, -0.1) is 0 Å². The molecule has 2 aromatic rings. The number of aliphatic hydroxyl groups excluding tert-OH is 1. The summed E-state index contributed by atoms with van der Waals surface area (Å²) in [5.41, 5.74) is 1.56. The Morgan fingerprint density at radius 1 is 1.33 bits per heavy atom. The summed E-state index contributed by atoms with van der Waals surface area (Å²) in [7, 11) is 0. The molecule has 0 radical (unpaired) electrons. The van der Waals surface area contributed by atoms with E-state index in [9.17, 15) is 0 Å². The second kappa shape index (κ2) is 4.62. The van der Waals surface area contributed by atoms with Crippen LogP contribution in [0.4, 0.5) is 0 Å². The standard InChI is InChI=1S/C12H11BrN2O3/c13-9-3-7(12-14-5-8(6-16)15-12)4-10-11(9)18-2-1-17-10/h3-5,16H,1-2,6H2,(H,14,15). The molecule has 0 aliphatic carbocycles. The maximum absolute atomic E-state index is 9.02. The summed E-state index contributed by atoms with van der Waals surface area (Å²) in [5, 5.41) is 9.02. The number of fused-ring (bicyclic) bond motifs is 1. The lowest BCUT2D eigenvalue weighted by Crippen LogP contribution is -2.15. The van der Waals surface area contributed by atoms with Crippen LogP contribution in [0.2, 0.25) is 0 Å².